The number of methoxy groups -OCH3 is 1. The lowest BCUT2D eigenvalue weighted by molar-refractivity contribution is -0.111. The van der Waals surface area contributed by atoms with Crippen molar-refractivity contribution in [1.29, 1.82) is 0 Å². The van der Waals surface area contributed by atoms with E-state index >= 15 is 0 Å². The number of ether oxygens (including phenoxy) is 2. The highest BCUT2D eigenvalue weighted by molar-refractivity contribution is 7.17. The molecule has 1 aromatic heterocycles. The van der Waals surface area contributed by atoms with Crippen LogP contribution in [0.5, 0.6) is 5.75 Å². The van der Waals surface area contributed by atoms with Gasteiger partial charge in [0.05, 0.1) is 13.7 Å². The number of hydrogen-bond acceptors (Lipinski definition) is 5. The monoisotopic (exact) mass is 435 g/mol. The second-order valence-corrected chi connectivity index (χ2v) is 8.03. The third-order valence-electron chi connectivity index (χ3n) is 4.57. The van der Waals surface area contributed by atoms with Crippen molar-refractivity contribution in [3.05, 3.63) is 76.7 Å². The van der Waals surface area contributed by atoms with Gasteiger partial charge in [0.1, 0.15) is 16.3 Å². The molecule has 31 heavy (non-hydrogen) atoms. The van der Waals surface area contributed by atoms with Crippen LogP contribution in [0.1, 0.15) is 34.1 Å². The van der Waals surface area contributed by atoms with Crippen molar-refractivity contribution in [1.82, 2.24) is 0 Å². The quantitative estimate of drug-likeness (QED) is 0.351. The number of para-hydroxylation sites is 1. The maximum Gasteiger partial charge on any atom is 0.341 e. The highest BCUT2D eigenvalue weighted by Crippen LogP contribution is 2.40. The lowest BCUT2D eigenvalue weighted by atomic mass is 10.0. The summed E-state index contributed by atoms with van der Waals surface area (Å²) in [7, 11) is 1.34. The van der Waals surface area contributed by atoms with Gasteiger partial charge in [-0.25, -0.2) is 4.79 Å². The number of anilines is 1. The van der Waals surface area contributed by atoms with Crippen molar-refractivity contribution in [2.45, 2.75) is 20.3 Å². The Kier molecular flexibility index (Phi) is 7.62. The minimum absolute atomic E-state index is 0.337. The standard InChI is InChI=1S/C25H25NO4S/c1-4-16-30-20-13-9-8-10-18(20)14-15-21(27)26-24-23(25(28)29-3)22(17(2)31-24)19-11-6-5-7-12-19/h5-15H,4,16H2,1-3H3,(H,26,27). The molecule has 0 aliphatic heterocycles. The Morgan fingerprint density at radius 3 is 2.48 bits per heavy atom. The van der Waals surface area contributed by atoms with Crippen LogP contribution in [-0.4, -0.2) is 25.6 Å². The molecule has 0 radical (unpaired) electrons. The number of benzene rings is 2. The number of rotatable bonds is 8. The SMILES string of the molecule is CCCOc1ccccc1C=CC(=O)Nc1sc(C)c(-c2ccccc2)c1C(=O)OC. The van der Waals surface area contributed by atoms with Gasteiger partial charge in [0.25, 0.3) is 0 Å². The predicted octanol–water partition coefficient (Wildman–Crippen LogP) is 5.95. The van der Waals surface area contributed by atoms with Gasteiger partial charge >= 0.3 is 5.97 Å². The van der Waals surface area contributed by atoms with Crippen LogP contribution < -0.4 is 10.1 Å². The smallest absolute Gasteiger partial charge is 0.341 e. The molecule has 0 bridgehead atoms. The van der Waals surface area contributed by atoms with Gasteiger partial charge in [-0.05, 0) is 31.1 Å². The van der Waals surface area contributed by atoms with E-state index in [1.54, 1.807) is 6.08 Å². The highest BCUT2D eigenvalue weighted by atomic mass is 32.1. The van der Waals surface area contributed by atoms with Gasteiger partial charge in [0.15, 0.2) is 0 Å². The van der Waals surface area contributed by atoms with Gasteiger partial charge in [-0.15, -0.1) is 11.3 Å². The van der Waals surface area contributed by atoms with Crippen LogP contribution in [-0.2, 0) is 9.53 Å². The second kappa shape index (κ2) is 10.6. The molecule has 1 amide bonds. The number of hydrogen-bond donors (Lipinski definition) is 1. The number of nitrogens with one attached hydrogen (secondary N) is 1. The first-order valence-corrected chi connectivity index (χ1v) is 10.8. The molecule has 0 unspecified atom stereocenters. The molecule has 3 rings (SSSR count). The summed E-state index contributed by atoms with van der Waals surface area (Å²) in [4.78, 5) is 26.1. The van der Waals surface area contributed by atoms with Gasteiger partial charge in [0.2, 0.25) is 5.91 Å². The van der Waals surface area contributed by atoms with Crippen molar-refractivity contribution >= 4 is 34.3 Å². The summed E-state index contributed by atoms with van der Waals surface area (Å²) >= 11 is 1.35. The number of amides is 1. The number of thiophene rings is 1. The van der Waals surface area contributed by atoms with Crippen LogP contribution in [0, 0.1) is 6.92 Å². The second-order valence-electron chi connectivity index (χ2n) is 6.80. The molecule has 1 N–H and O–H groups in total. The summed E-state index contributed by atoms with van der Waals surface area (Å²) in [6, 6.07) is 17.1. The Bertz CT molecular complexity index is 1090. The Hall–Kier alpha value is -3.38. The Morgan fingerprint density at radius 2 is 1.77 bits per heavy atom. The van der Waals surface area contributed by atoms with Crippen molar-refractivity contribution < 1.29 is 19.1 Å². The molecule has 0 saturated heterocycles. The fourth-order valence-electron chi connectivity index (χ4n) is 3.16. The lowest BCUT2D eigenvalue weighted by Crippen LogP contribution is -2.11. The van der Waals surface area contributed by atoms with Gasteiger partial charge in [-0.3, -0.25) is 4.79 Å². The average Bonchev–Trinajstić information content (AvgIpc) is 3.12. The summed E-state index contributed by atoms with van der Waals surface area (Å²) in [5.74, 6) is -0.0981. The highest BCUT2D eigenvalue weighted by Gasteiger charge is 2.24. The maximum atomic E-state index is 12.6. The fraction of sp³-hybridized carbons (Fsp3) is 0.200. The van der Waals surface area contributed by atoms with Gasteiger partial charge in [0, 0.05) is 22.1 Å². The van der Waals surface area contributed by atoms with Crippen molar-refractivity contribution in [2.75, 3.05) is 19.0 Å². The molecular formula is C25H25NO4S. The van der Waals surface area contributed by atoms with Crippen molar-refractivity contribution in [3.63, 3.8) is 0 Å². The molecular weight excluding hydrogens is 410 g/mol. The summed E-state index contributed by atoms with van der Waals surface area (Å²) in [6.07, 6.45) is 4.04. The molecule has 1 heterocycles. The van der Waals surface area contributed by atoms with E-state index in [2.05, 4.69) is 5.32 Å². The largest absolute Gasteiger partial charge is 0.493 e. The van der Waals surface area contributed by atoms with Gasteiger partial charge < -0.3 is 14.8 Å². The van der Waals surface area contributed by atoms with Crippen LogP contribution in [0.2, 0.25) is 0 Å². The van der Waals surface area contributed by atoms with E-state index in [9.17, 15) is 9.59 Å². The molecule has 3 aromatic rings. The van der Waals surface area contributed by atoms with E-state index in [1.165, 1.54) is 24.5 Å². The zero-order valence-corrected chi connectivity index (χ0v) is 18.6. The molecule has 0 atom stereocenters. The average molecular weight is 436 g/mol. The van der Waals surface area contributed by atoms with Gasteiger partial charge in [-0.1, -0.05) is 55.5 Å². The normalized spacial score (nSPS) is 10.8. The first kappa shape index (κ1) is 22.3. The third-order valence-corrected chi connectivity index (χ3v) is 5.59. The van der Waals surface area contributed by atoms with Crippen LogP contribution in [0.25, 0.3) is 17.2 Å². The molecule has 0 aliphatic rings. The maximum absolute atomic E-state index is 12.6. The van der Waals surface area contributed by atoms with E-state index in [-0.39, 0.29) is 5.91 Å². The molecule has 0 saturated carbocycles. The van der Waals surface area contributed by atoms with E-state index in [0.717, 1.165) is 33.7 Å². The van der Waals surface area contributed by atoms with Crippen molar-refractivity contribution in [3.8, 4) is 16.9 Å². The Labute approximate surface area is 186 Å². The lowest BCUT2D eigenvalue weighted by Gasteiger charge is -2.08. The molecule has 0 spiro atoms. The molecule has 0 aliphatic carbocycles. The molecule has 6 heteroatoms. The van der Waals surface area contributed by atoms with E-state index in [1.807, 2.05) is 68.4 Å². The zero-order valence-electron chi connectivity index (χ0n) is 17.8. The third kappa shape index (κ3) is 5.41. The first-order chi connectivity index (χ1) is 15.0. The van der Waals surface area contributed by atoms with Crippen LogP contribution in [0.3, 0.4) is 0 Å². The molecule has 2 aromatic carbocycles. The van der Waals surface area contributed by atoms with Crippen molar-refractivity contribution in [2.24, 2.45) is 0 Å². The predicted molar refractivity (Wildman–Crippen MR) is 126 cm³/mol. The van der Waals surface area contributed by atoms with Crippen LogP contribution in [0.4, 0.5) is 5.00 Å². The molecule has 0 fully saturated rings. The zero-order chi connectivity index (χ0) is 22.2. The van der Waals surface area contributed by atoms with Crippen LogP contribution in [0.15, 0.2) is 60.7 Å². The minimum atomic E-state index is -0.485. The van der Waals surface area contributed by atoms with E-state index in [0.29, 0.717) is 17.2 Å². The number of carbonyl (C=O) groups is 2. The summed E-state index contributed by atoms with van der Waals surface area (Å²) < 4.78 is 10.7. The fourth-order valence-corrected chi connectivity index (χ4v) is 4.23. The van der Waals surface area contributed by atoms with E-state index < -0.39 is 5.97 Å². The first-order valence-electron chi connectivity index (χ1n) is 10.0. The summed E-state index contributed by atoms with van der Waals surface area (Å²) in [5, 5.41) is 3.31. The van der Waals surface area contributed by atoms with Gasteiger partial charge in [-0.2, -0.15) is 0 Å². The van der Waals surface area contributed by atoms with Crippen LogP contribution >= 0.6 is 11.3 Å². The number of carbonyl (C=O) groups excluding carboxylic acids is 2. The number of esters is 1. The Balaban J connectivity index is 1.87. The summed E-state index contributed by atoms with van der Waals surface area (Å²) in [5.41, 5.74) is 2.85. The summed E-state index contributed by atoms with van der Waals surface area (Å²) in [6.45, 7) is 4.57. The Morgan fingerprint density at radius 1 is 1.06 bits per heavy atom. The minimum Gasteiger partial charge on any atom is -0.493 e. The molecule has 5 nitrogen and oxygen atoms in total. The van der Waals surface area contributed by atoms with E-state index in [4.69, 9.17) is 9.47 Å². The number of aryl methyl sites for hydroxylation is 1. The topological polar surface area (TPSA) is 64.6 Å². The molecule has 160 valence electrons.